The zero-order valence-electron chi connectivity index (χ0n) is 20.7. The van der Waals surface area contributed by atoms with Crippen LogP contribution in [0, 0.1) is 0 Å². The third-order valence-corrected chi connectivity index (χ3v) is 6.84. The van der Waals surface area contributed by atoms with Crippen molar-refractivity contribution < 1.29 is 9.47 Å². The Balaban J connectivity index is 1.41. The molecule has 0 radical (unpaired) electrons. The van der Waals surface area contributed by atoms with Crippen LogP contribution >= 0.6 is 0 Å². The molecule has 3 aromatic carbocycles. The average molecular weight is 468 g/mol. The van der Waals surface area contributed by atoms with Crippen molar-refractivity contribution in [2.75, 3.05) is 32.2 Å². The number of piperidine rings is 1. The number of rotatable bonds is 8. The number of benzene rings is 3. The molecule has 35 heavy (non-hydrogen) atoms. The van der Waals surface area contributed by atoms with E-state index < -0.39 is 0 Å². The molecule has 0 amide bonds. The standard InChI is InChI=1S/C30H33N3O2/c1-34-25-10-6-8-22(18-25)9-7-11-30-31-15-14-28(32-30)24-19-23-12-13-26(35-2)21-27(23)29(20-24)33-16-4-3-5-17-33/h6,8,10,12-15,18-21H,3-5,7,9,11,16-17H2,1-2H3. The Morgan fingerprint density at radius 2 is 1.66 bits per heavy atom. The van der Waals surface area contributed by atoms with Gasteiger partial charge in [0.15, 0.2) is 0 Å². The molecular weight excluding hydrogens is 434 g/mol. The van der Waals surface area contributed by atoms with Gasteiger partial charge in [-0.1, -0.05) is 18.2 Å². The molecule has 1 aliphatic heterocycles. The second kappa shape index (κ2) is 10.8. The summed E-state index contributed by atoms with van der Waals surface area (Å²) in [5, 5.41) is 2.45. The summed E-state index contributed by atoms with van der Waals surface area (Å²) in [6.45, 7) is 2.18. The maximum atomic E-state index is 5.53. The van der Waals surface area contributed by atoms with Crippen molar-refractivity contribution in [3.05, 3.63) is 78.2 Å². The molecule has 1 aromatic heterocycles. The van der Waals surface area contributed by atoms with Crippen LogP contribution in [-0.4, -0.2) is 37.3 Å². The normalized spacial score (nSPS) is 13.7. The highest BCUT2D eigenvalue weighted by atomic mass is 16.5. The summed E-state index contributed by atoms with van der Waals surface area (Å²) in [6.07, 6.45) is 8.48. The molecule has 0 saturated carbocycles. The van der Waals surface area contributed by atoms with Gasteiger partial charge in [-0.2, -0.15) is 0 Å². The van der Waals surface area contributed by atoms with Crippen LogP contribution in [-0.2, 0) is 12.8 Å². The lowest BCUT2D eigenvalue weighted by Crippen LogP contribution is -2.29. The third kappa shape index (κ3) is 5.40. The molecular formula is C30H33N3O2. The van der Waals surface area contributed by atoms with Gasteiger partial charge >= 0.3 is 0 Å². The lowest BCUT2D eigenvalue weighted by molar-refractivity contribution is 0.414. The summed E-state index contributed by atoms with van der Waals surface area (Å²) in [5.41, 5.74) is 4.66. The first-order valence-corrected chi connectivity index (χ1v) is 12.6. The molecule has 0 aliphatic carbocycles. The number of fused-ring (bicyclic) bond motifs is 1. The molecule has 5 heteroatoms. The molecule has 0 atom stereocenters. The van der Waals surface area contributed by atoms with Gasteiger partial charge in [-0.15, -0.1) is 0 Å². The minimum absolute atomic E-state index is 0.842. The largest absolute Gasteiger partial charge is 0.497 e. The van der Waals surface area contributed by atoms with Crippen molar-refractivity contribution in [2.45, 2.75) is 38.5 Å². The van der Waals surface area contributed by atoms with E-state index in [1.54, 1.807) is 14.2 Å². The zero-order valence-corrected chi connectivity index (χ0v) is 20.7. The van der Waals surface area contributed by atoms with Crippen LogP contribution in [0.4, 0.5) is 5.69 Å². The molecule has 1 saturated heterocycles. The van der Waals surface area contributed by atoms with Gasteiger partial charge in [0.25, 0.3) is 0 Å². The zero-order chi connectivity index (χ0) is 24.0. The van der Waals surface area contributed by atoms with Crippen LogP contribution in [0.2, 0.25) is 0 Å². The Kier molecular flexibility index (Phi) is 7.12. The maximum Gasteiger partial charge on any atom is 0.128 e. The molecule has 5 rings (SSSR count). The van der Waals surface area contributed by atoms with Gasteiger partial charge in [-0.25, -0.2) is 9.97 Å². The molecule has 0 spiro atoms. The summed E-state index contributed by atoms with van der Waals surface area (Å²) in [5.74, 6) is 2.68. The van der Waals surface area contributed by atoms with Gasteiger partial charge in [0.1, 0.15) is 17.3 Å². The molecule has 0 bridgehead atoms. The Hall–Kier alpha value is -3.60. The number of nitrogens with zero attached hydrogens (tertiary/aromatic N) is 3. The van der Waals surface area contributed by atoms with E-state index >= 15 is 0 Å². The lowest BCUT2D eigenvalue weighted by Gasteiger charge is -2.30. The summed E-state index contributed by atoms with van der Waals surface area (Å²) in [7, 11) is 3.44. The Morgan fingerprint density at radius 3 is 2.49 bits per heavy atom. The van der Waals surface area contributed by atoms with Crippen LogP contribution in [0.5, 0.6) is 11.5 Å². The quantitative estimate of drug-likeness (QED) is 0.297. The molecule has 5 nitrogen and oxygen atoms in total. The predicted octanol–water partition coefficient (Wildman–Crippen LogP) is 6.48. The Morgan fingerprint density at radius 1 is 0.829 bits per heavy atom. The number of anilines is 1. The minimum atomic E-state index is 0.842. The maximum absolute atomic E-state index is 5.53. The van der Waals surface area contributed by atoms with Crippen LogP contribution in [0.15, 0.2) is 66.9 Å². The fraction of sp³-hybridized carbons (Fsp3) is 0.333. The second-order valence-corrected chi connectivity index (χ2v) is 9.19. The minimum Gasteiger partial charge on any atom is -0.497 e. The van der Waals surface area contributed by atoms with Crippen LogP contribution in [0.1, 0.15) is 37.1 Å². The van der Waals surface area contributed by atoms with E-state index in [0.717, 1.165) is 60.9 Å². The summed E-state index contributed by atoms with van der Waals surface area (Å²) < 4.78 is 10.9. The number of methoxy groups -OCH3 is 2. The highest BCUT2D eigenvalue weighted by Gasteiger charge is 2.16. The van der Waals surface area contributed by atoms with Gasteiger partial charge in [0, 0.05) is 42.3 Å². The third-order valence-electron chi connectivity index (χ3n) is 6.84. The molecule has 1 fully saturated rings. The van der Waals surface area contributed by atoms with Gasteiger partial charge in [-0.3, -0.25) is 0 Å². The van der Waals surface area contributed by atoms with Crippen LogP contribution < -0.4 is 14.4 Å². The fourth-order valence-electron chi connectivity index (χ4n) is 4.95. The highest BCUT2D eigenvalue weighted by Crippen LogP contribution is 2.36. The number of ether oxygens (including phenoxy) is 2. The van der Waals surface area contributed by atoms with Crippen molar-refractivity contribution in [1.29, 1.82) is 0 Å². The van der Waals surface area contributed by atoms with Crippen molar-refractivity contribution >= 4 is 16.5 Å². The molecule has 0 unspecified atom stereocenters. The smallest absolute Gasteiger partial charge is 0.128 e. The van der Waals surface area contributed by atoms with Crippen LogP contribution in [0.25, 0.3) is 22.0 Å². The number of hydrogen-bond donors (Lipinski definition) is 0. The Bertz CT molecular complexity index is 1300. The van der Waals surface area contributed by atoms with E-state index in [4.69, 9.17) is 14.5 Å². The number of aromatic nitrogens is 2. The first-order valence-electron chi connectivity index (χ1n) is 12.6. The van der Waals surface area contributed by atoms with E-state index in [0.29, 0.717) is 0 Å². The van der Waals surface area contributed by atoms with E-state index in [1.165, 1.54) is 41.3 Å². The molecule has 4 aromatic rings. The van der Waals surface area contributed by atoms with Crippen molar-refractivity contribution in [2.24, 2.45) is 0 Å². The SMILES string of the molecule is COc1cccc(CCCc2nccc(-c3cc(N4CCCCC4)c4cc(OC)ccc4c3)n2)c1. The van der Waals surface area contributed by atoms with Gasteiger partial charge in [0.2, 0.25) is 0 Å². The van der Waals surface area contributed by atoms with Crippen molar-refractivity contribution in [3.8, 4) is 22.8 Å². The molecule has 2 heterocycles. The lowest BCUT2D eigenvalue weighted by atomic mass is 10.00. The molecule has 0 N–H and O–H groups in total. The van der Waals surface area contributed by atoms with Gasteiger partial charge in [0.05, 0.1) is 19.9 Å². The Labute approximate surface area is 207 Å². The topological polar surface area (TPSA) is 47.5 Å². The highest BCUT2D eigenvalue weighted by molar-refractivity contribution is 5.98. The van der Waals surface area contributed by atoms with Crippen molar-refractivity contribution in [1.82, 2.24) is 9.97 Å². The first-order chi connectivity index (χ1) is 17.2. The number of aryl methyl sites for hydroxylation is 2. The average Bonchev–Trinajstić information content (AvgIpc) is 2.93. The molecule has 180 valence electrons. The van der Waals surface area contributed by atoms with Crippen molar-refractivity contribution in [3.63, 3.8) is 0 Å². The molecule has 1 aliphatic rings. The van der Waals surface area contributed by atoms with E-state index in [2.05, 4.69) is 46.3 Å². The second-order valence-electron chi connectivity index (χ2n) is 9.19. The van der Waals surface area contributed by atoms with Crippen LogP contribution in [0.3, 0.4) is 0 Å². The predicted molar refractivity (Wildman–Crippen MR) is 143 cm³/mol. The summed E-state index contributed by atoms with van der Waals surface area (Å²) in [6, 6.07) is 21.2. The summed E-state index contributed by atoms with van der Waals surface area (Å²) in [4.78, 5) is 12.0. The fourth-order valence-corrected chi connectivity index (χ4v) is 4.95. The first kappa shape index (κ1) is 23.2. The van der Waals surface area contributed by atoms with E-state index in [9.17, 15) is 0 Å². The van der Waals surface area contributed by atoms with E-state index in [-0.39, 0.29) is 0 Å². The number of hydrogen-bond acceptors (Lipinski definition) is 5. The van der Waals surface area contributed by atoms with Gasteiger partial charge < -0.3 is 14.4 Å². The van der Waals surface area contributed by atoms with E-state index in [1.807, 2.05) is 30.5 Å². The summed E-state index contributed by atoms with van der Waals surface area (Å²) >= 11 is 0. The van der Waals surface area contributed by atoms with Gasteiger partial charge in [-0.05, 0) is 85.5 Å². The monoisotopic (exact) mass is 467 g/mol.